The van der Waals surface area contributed by atoms with Gasteiger partial charge >= 0.3 is 0 Å². The van der Waals surface area contributed by atoms with Crippen LogP contribution in [0.1, 0.15) is 37.3 Å². The summed E-state index contributed by atoms with van der Waals surface area (Å²) in [5.74, 6) is 1.61. The Balaban J connectivity index is 1.57. The molecule has 1 aliphatic heterocycles. The quantitative estimate of drug-likeness (QED) is 0.837. The lowest BCUT2D eigenvalue weighted by molar-refractivity contribution is 0.160. The van der Waals surface area contributed by atoms with Gasteiger partial charge in [-0.3, -0.25) is 0 Å². The molecule has 2 unspecified atom stereocenters. The first-order valence-corrected chi connectivity index (χ1v) is 8.42. The van der Waals surface area contributed by atoms with Crippen LogP contribution in [-0.4, -0.2) is 32.4 Å². The Morgan fingerprint density at radius 1 is 1.33 bits per heavy atom. The van der Waals surface area contributed by atoms with E-state index in [1.165, 1.54) is 30.4 Å². The van der Waals surface area contributed by atoms with Crippen molar-refractivity contribution in [2.45, 2.75) is 45.1 Å². The number of hydrogen-bond acceptors (Lipinski definition) is 3. The average Bonchev–Trinajstić information content (AvgIpc) is 3.18. The van der Waals surface area contributed by atoms with Gasteiger partial charge in [0.05, 0.1) is 6.61 Å². The Labute approximate surface area is 128 Å². The van der Waals surface area contributed by atoms with Crippen LogP contribution >= 0.6 is 0 Å². The van der Waals surface area contributed by atoms with Gasteiger partial charge in [0.15, 0.2) is 0 Å². The van der Waals surface area contributed by atoms with E-state index < -0.39 is 0 Å². The number of hydrogen-bond donors (Lipinski definition) is 1. The molecule has 0 bridgehead atoms. The number of ether oxygens (including phenoxy) is 2. The van der Waals surface area contributed by atoms with Gasteiger partial charge in [-0.15, -0.1) is 0 Å². The number of rotatable bonds is 7. The second-order valence-corrected chi connectivity index (χ2v) is 6.28. The second-order valence-electron chi connectivity index (χ2n) is 6.28. The van der Waals surface area contributed by atoms with E-state index in [4.69, 9.17) is 9.47 Å². The molecular weight excluding hydrogens is 262 g/mol. The Morgan fingerprint density at radius 3 is 3.05 bits per heavy atom. The molecule has 3 nitrogen and oxygen atoms in total. The van der Waals surface area contributed by atoms with E-state index >= 15 is 0 Å². The van der Waals surface area contributed by atoms with E-state index in [1.807, 2.05) is 0 Å². The average molecular weight is 289 g/mol. The van der Waals surface area contributed by atoms with Gasteiger partial charge in [0.2, 0.25) is 0 Å². The Morgan fingerprint density at radius 2 is 2.24 bits per heavy atom. The third-order valence-electron chi connectivity index (χ3n) is 4.69. The van der Waals surface area contributed by atoms with Crippen LogP contribution < -0.4 is 10.1 Å². The summed E-state index contributed by atoms with van der Waals surface area (Å²) in [6.45, 7) is 5.76. The van der Waals surface area contributed by atoms with Crippen LogP contribution in [0.15, 0.2) is 18.2 Å². The first kappa shape index (κ1) is 14.9. The number of nitrogens with one attached hydrogen (secondary N) is 1. The van der Waals surface area contributed by atoms with Crippen molar-refractivity contribution in [1.29, 1.82) is 0 Å². The molecule has 0 amide bonds. The zero-order valence-electron chi connectivity index (χ0n) is 13.1. The highest BCUT2D eigenvalue weighted by Gasteiger charge is 2.26. The van der Waals surface area contributed by atoms with Gasteiger partial charge in [-0.05, 0) is 61.9 Å². The summed E-state index contributed by atoms with van der Waals surface area (Å²) in [5, 5.41) is 3.63. The maximum Gasteiger partial charge on any atom is 0.119 e. The van der Waals surface area contributed by atoms with Crippen LogP contribution in [0, 0.1) is 5.92 Å². The van der Waals surface area contributed by atoms with E-state index in [0.29, 0.717) is 12.0 Å². The molecule has 1 aromatic rings. The Kier molecular flexibility index (Phi) is 5.15. The largest absolute Gasteiger partial charge is 0.492 e. The maximum absolute atomic E-state index is 6.08. The van der Waals surface area contributed by atoms with Gasteiger partial charge in [0, 0.05) is 18.6 Å². The summed E-state index contributed by atoms with van der Waals surface area (Å²) in [5.41, 5.74) is 2.99. The smallest absolute Gasteiger partial charge is 0.119 e. The van der Waals surface area contributed by atoms with Crippen molar-refractivity contribution in [2.75, 3.05) is 26.4 Å². The van der Waals surface area contributed by atoms with Gasteiger partial charge in [-0.1, -0.05) is 13.0 Å². The fourth-order valence-electron chi connectivity index (χ4n) is 3.39. The number of fused-ring (bicyclic) bond motifs is 1. The van der Waals surface area contributed by atoms with E-state index in [-0.39, 0.29) is 0 Å². The molecule has 1 aliphatic carbocycles. The molecule has 1 saturated heterocycles. The molecule has 1 heterocycles. The Hall–Kier alpha value is -1.06. The summed E-state index contributed by atoms with van der Waals surface area (Å²) >= 11 is 0. The zero-order valence-corrected chi connectivity index (χ0v) is 13.1. The number of benzene rings is 1. The molecule has 1 fully saturated rings. The van der Waals surface area contributed by atoms with E-state index in [0.717, 1.165) is 45.0 Å². The minimum atomic E-state index is 0.403. The molecule has 1 N–H and O–H groups in total. The van der Waals surface area contributed by atoms with Crippen molar-refractivity contribution >= 4 is 0 Å². The second kappa shape index (κ2) is 7.28. The number of aryl methyl sites for hydroxylation is 2. The summed E-state index contributed by atoms with van der Waals surface area (Å²) in [4.78, 5) is 0. The van der Waals surface area contributed by atoms with E-state index in [1.54, 1.807) is 0 Å². The summed E-state index contributed by atoms with van der Waals surface area (Å²) < 4.78 is 11.6. The zero-order chi connectivity index (χ0) is 14.5. The van der Waals surface area contributed by atoms with Gasteiger partial charge < -0.3 is 14.8 Å². The fraction of sp³-hybridized carbons (Fsp3) is 0.667. The van der Waals surface area contributed by atoms with Crippen LogP contribution in [-0.2, 0) is 17.6 Å². The molecule has 0 saturated carbocycles. The lowest BCUT2D eigenvalue weighted by Crippen LogP contribution is -2.41. The molecule has 21 heavy (non-hydrogen) atoms. The topological polar surface area (TPSA) is 30.5 Å². The summed E-state index contributed by atoms with van der Waals surface area (Å²) in [6.07, 6.45) is 6.03. The molecule has 0 spiro atoms. The third-order valence-corrected chi connectivity index (χ3v) is 4.69. The molecule has 116 valence electrons. The Bertz CT molecular complexity index is 455. The normalized spacial score (nSPS) is 22.2. The van der Waals surface area contributed by atoms with Gasteiger partial charge in [0.25, 0.3) is 0 Å². The highest BCUT2D eigenvalue weighted by Crippen LogP contribution is 2.26. The SMILES string of the molecule is CCCNC(COc1ccc2c(c1)CCC2)C1CCOC1. The van der Waals surface area contributed by atoms with Crippen LogP contribution in [0.2, 0.25) is 0 Å². The molecule has 3 heteroatoms. The molecular formula is C18H27NO2. The van der Waals surface area contributed by atoms with Crippen molar-refractivity contribution in [3.63, 3.8) is 0 Å². The van der Waals surface area contributed by atoms with Crippen LogP contribution in [0.5, 0.6) is 5.75 Å². The van der Waals surface area contributed by atoms with Gasteiger partial charge in [0.1, 0.15) is 12.4 Å². The molecule has 0 radical (unpaired) electrons. The summed E-state index contributed by atoms with van der Waals surface area (Å²) in [7, 11) is 0. The molecule has 2 aliphatic rings. The standard InChI is InChI=1S/C18H27NO2/c1-2-9-19-18(16-8-10-20-12-16)13-21-17-7-6-14-4-3-5-15(14)11-17/h6-7,11,16,18-19H,2-5,8-10,12-13H2,1H3. The highest BCUT2D eigenvalue weighted by molar-refractivity contribution is 5.38. The first-order chi connectivity index (χ1) is 10.4. The van der Waals surface area contributed by atoms with Crippen molar-refractivity contribution in [3.05, 3.63) is 29.3 Å². The fourth-order valence-corrected chi connectivity index (χ4v) is 3.39. The van der Waals surface area contributed by atoms with Gasteiger partial charge in [-0.25, -0.2) is 0 Å². The predicted octanol–water partition coefficient (Wildman–Crippen LogP) is 2.96. The van der Waals surface area contributed by atoms with Crippen LogP contribution in [0.4, 0.5) is 0 Å². The van der Waals surface area contributed by atoms with Crippen molar-refractivity contribution in [3.8, 4) is 5.75 Å². The van der Waals surface area contributed by atoms with Crippen molar-refractivity contribution in [1.82, 2.24) is 5.32 Å². The molecule has 0 aromatic heterocycles. The third kappa shape index (κ3) is 3.78. The van der Waals surface area contributed by atoms with E-state index in [9.17, 15) is 0 Å². The lowest BCUT2D eigenvalue weighted by Gasteiger charge is -2.24. The first-order valence-electron chi connectivity index (χ1n) is 8.42. The molecule has 1 aromatic carbocycles. The minimum Gasteiger partial charge on any atom is -0.492 e. The highest BCUT2D eigenvalue weighted by atomic mass is 16.5. The molecule has 3 rings (SSSR count). The van der Waals surface area contributed by atoms with Crippen molar-refractivity contribution < 1.29 is 9.47 Å². The van der Waals surface area contributed by atoms with Crippen LogP contribution in [0.25, 0.3) is 0 Å². The van der Waals surface area contributed by atoms with Gasteiger partial charge in [-0.2, -0.15) is 0 Å². The monoisotopic (exact) mass is 289 g/mol. The minimum absolute atomic E-state index is 0.403. The van der Waals surface area contributed by atoms with Crippen LogP contribution in [0.3, 0.4) is 0 Å². The maximum atomic E-state index is 6.08. The van der Waals surface area contributed by atoms with E-state index in [2.05, 4.69) is 30.4 Å². The molecule has 2 atom stereocenters. The van der Waals surface area contributed by atoms with Crippen molar-refractivity contribution in [2.24, 2.45) is 5.92 Å². The summed E-state index contributed by atoms with van der Waals surface area (Å²) in [6, 6.07) is 7.02. The predicted molar refractivity (Wildman–Crippen MR) is 85.0 cm³/mol. The lowest BCUT2D eigenvalue weighted by atomic mass is 9.99.